The Bertz CT molecular complexity index is 2540. The lowest BCUT2D eigenvalue weighted by atomic mass is 9.84. The number of aliphatic imine (C=N–C) groups is 1. The summed E-state index contributed by atoms with van der Waals surface area (Å²) < 4.78 is 0. The van der Waals surface area contributed by atoms with E-state index < -0.39 is 0 Å². The van der Waals surface area contributed by atoms with Gasteiger partial charge in [-0.15, -0.1) is 11.8 Å². The van der Waals surface area contributed by atoms with Crippen molar-refractivity contribution < 1.29 is 0 Å². The number of nitrogens with zero attached hydrogens (tertiary/aromatic N) is 2. The number of aromatic nitrogens is 1. The molecule has 0 saturated heterocycles. The molecule has 3 heteroatoms. The number of pyridine rings is 1. The summed E-state index contributed by atoms with van der Waals surface area (Å²) in [6.07, 6.45) is 1.98. The third-order valence-corrected chi connectivity index (χ3v) is 10.8. The molecule has 8 aromatic rings. The van der Waals surface area contributed by atoms with Gasteiger partial charge in [0.1, 0.15) is 0 Å². The second kappa shape index (κ2) is 10.9. The third-order valence-electron chi connectivity index (χ3n) is 9.37. The molecule has 0 saturated carbocycles. The molecule has 0 fully saturated rings. The van der Waals surface area contributed by atoms with Gasteiger partial charge < -0.3 is 0 Å². The predicted molar refractivity (Wildman–Crippen MR) is 204 cm³/mol. The van der Waals surface area contributed by atoms with E-state index in [4.69, 9.17) is 9.98 Å². The fraction of sp³-hybridized carbons (Fsp3) is 0.0909. The zero-order valence-corrected chi connectivity index (χ0v) is 27.2. The Morgan fingerprint density at radius 1 is 0.489 bits per heavy atom. The third kappa shape index (κ3) is 4.90. The van der Waals surface area contributed by atoms with Gasteiger partial charge in [-0.2, -0.15) is 0 Å². The van der Waals surface area contributed by atoms with E-state index in [2.05, 4.69) is 153 Å². The fourth-order valence-corrected chi connectivity index (χ4v) is 8.23. The summed E-state index contributed by atoms with van der Waals surface area (Å²) in [6.45, 7) is 4.37. The Labute approximate surface area is 278 Å². The van der Waals surface area contributed by atoms with Crippen LogP contribution in [0.3, 0.4) is 0 Å². The highest BCUT2D eigenvalue weighted by atomic mass is 32.2. The maximum absolute atomic E-state index is 4.97. The summed E-state index contributed by atoms with van der Waals surface area (Å²) in [5.41, 5.74) is 8.09. The number of thioether (sulfide) groups is 1. The molecule has 1 aliphatic heterocycles. The topological polar surface area (TPSA) is 25.2 Å². The summed E-state index contributed by atoms with van der Waals surface area (Å²) in [4.78, 5) is 9.90. The average molecular weight is 621 g/mol. The van der Waals surface area contributed by atoms with Crippen LogP contribution >= 0.6 is 11.8 Å². The van der Waals surface area contributed by atoms with Crippen LogP contribution in [0, 0.1) is 0 Å². The van der Waals surface area contributed by atoms with Crippen molar-refractivity contribution >= 4 is 59.9 Å². The SMILES string of the molecule is CC1(C)CSC(c2ccc(-c3ccc4c(-c5ccc6ccccc6c5)c5ccccc5c(-c5ccc6ccccc6c5)c4c3)nc2)=N1. The summed E-state index contributed by atoms with van der Waals surface area (Å²) in [5, 5.41) is 11.0. The van der Waals surface area contributed by atoms with Crippen LogP contribution in [0.1, 0.15) is 19.4 Å². The minimum absolute atomic E-state index is 0.0261. The van der Waals surface area contributed by atoms with Crippen LogP contribution in [0.25, 0.3) is 76.6 Å². The van der Waals surface area contributed by atoms with Crippen molar-refractivity contribution in [1.82, 2.24) is 4.98 Å². The van der Waals surface area contributed by atoms with Crippen LogP contribution in [0.2, 0.25) is 0 Å². The number of fused-ring (bicyclic) bond motifs is 4. The molecule has 0 atom stereocenters. The second-order valence-corrected chi connectivity index (χ2v) is 14.1. The standard InChI is InChI=1S/C44H32N2S/c1-44(2)27-47-43(46-44)35-20-22-40(45-26-35)32-19-21-38-39(25-32)42(34-18-16-29-10-4-6-12-31(29)24-34)37-14-8-7-13-36(37)41(38)33-17-15-28-9-3-5-11-30(28)23-33/h3-26H,27H2,1-2H3. The Hall–Kier alpha value is -5.25. The first-order chi connectivity index (χ1) is 23.0. The van der Waals surface area contributed by atoms with E-state index >= 15 is 0 Å². The lowest BCUT2D eigenvalue weighted by molar-refractivity contribution is 0.605. The van der Waals surface area contributed by atoms with Gasteiger partial charge in [0, 0.05) is 23.1 Å². The molecule has 1 aliphatic rings. The van der Waals surface area contributed by atoms with Crippen molar-refractivity contribution in [3.8, 4) is 33.5 Å². The second-order valence-electron chi connectivity index (χ2n) is 13.1. The number of benzene rings is 7. The molecule has 224 valence electrons. The molecule has 47 heavy (non-hydrogen) atoms. The van der Waals surface area contributed by atoms with Gasteiger partial charge in [0.15, 0.2) is 0 Å². The molecule has 0 unspecified atom stereocenters. The molecule has 0 radical (unpaired) electrons. The van der Waals surface area contributed by atoms with Crippen LogP contribution < -0.4 is 0 Å². The van der Waals surface area contributed by atoms with Gasteiger partial charge in [-0.1, -0.05) is 109 Å². The van der Waals surface area contributed by atoms with Crippen molar-refractivity contribution in [2.24, 2.45) is 4.99 Å². The van der Waals surface area contributed by atoms with E-state index in [0.29, 0.717) is 0 Å². The van der Waals surface area contributed by atoms with Crippen molar-refractivity contribution in [2.75, 3.05) is 5.75 Å². The van der Waals surface area contributed by atoms with E-state index in [-0.39, 0.29) is 5.54 Å². The van der Waals surface area contributed by atoms with Gasteiger partial charge in [0.05, 0.1) is 16.3 Å². The molecular weight excluding hydrogens is 589 g/mol. The first-order valence-electron chi connectivity index (χ1n) is 16.2. The first-order valence-corrected chi connectivity index (χ1v) is 17.2. The van der Waals surface area contributed by atoms with Crippen LogP contribution in [-0.2, 0) is 0 Å². The van der Waals surface area contributed by atoms with Gasteiger partial charge in [-0.25, -0.2) is 0 Å². The van der Waals surface area contributed by atoms with Crippen molar-refractivity contribution in [3.63, 3.8) is 0 Å². The summed E-state index contributed by atoms with van der Waals surface area (Å²) in [6, 6.07) is 51.1. The predicted octanol–water partition coefficient (Wildman–Crippen LogP) is 12.0. The molecule has 0 N–H and O–H groups in total. The van der Waals surface area contributed by atoms with E-state index in [1.165, 1.54) is 65.3 Å². The zero-order chi connectivity index (χ0) is 31.5. The lowest BCUT2D eigenvalue weighted by Gasteiger charge is -2.19. The summed E-state index contributed by atoms with van der Waals surface area (Å²) in [5.74, 6) is 1.000. The quantitative estimate of drug-likeness (QED) is 0.183. The van der Waals surface area contributed by atoms with Crippen LogP contribution in [0.15, 0.2) is 151 Å². The van der Waals surface area contributed by atoms with E-state index in [0.717, 1.165) is 27.6 Å². The van der Waals surface area contributed by atoms with Gasteiger partial charge in [-0.05, 0) is 110 Å². The zero-order valence-electron chi connectivity index (χ0n) is 26.4. The van der Waals surface area contributed by atoms with Crippen molar-refractivity contribution in [2.45, 2.75) is 19.4 Å². The first kappa shape index (κ1) is 28.0. The lowest BCUT2D eigenvalue weighted by Crippen LogP contribution is -2.15. The number of hydrogen-bond donors (Lipinski definition) is 0. The maximum atomic E-state index is 4.97. The van der Waals surface area contributed by atoms with Gasteiger partial charge >= 0.3 is 0 Å². The van der Waals surface area contributed by atoms with Crippen molar-refractivity contribution in [1.29, 1.82) is 0 Å². The molecule has 0 aliphatic carbocycles. The monoisotopic (exact) mass is 620 g/mol. The van der Waals surface area contributed by atoms with Crippen LogP contribution in [0.5, 0.6) is 0 Å². The molecule has 1 aromatic heterocycles. The molecule has 0 spiro atoms. The van der Waals surface area contributed by atoms with Crippen LogP contribution in [-0.4, -0.2) is 21.3 Å². The molecule has 2 heterocycles. The molecule has 7 aromatic carbocycles. The van der Waals surface area contributed by atoms with E-state index in [1.807, 2.05) is 18.0 Å². The maximum Gasteiger partial charge on any atom is 0.1000 e. The molecular formula is C44H32N2S. The Morgan fingerprint density at radius 3 is 1.60 bits per heavy atom. The largest absolute Gasteiger partial charge is 0.271 e. The van der Waals surface area contributed by atoms with Gasteiger partial charge in [0.25, 0.3) is 0 Å². The van der Waals surface area contributed by atoms with Crippen molar-refractivity contribution in [3.05, 3.63) is 151 Å². The summed E-state index contributed by atoms with van der Waals surface area (Å²) >= 11 is 1.82. The minimum atomic E-state index is -0.0261. The van der Waals surface area contributed by atoms with Gasteiger partial charge in [-0.3, -0.25) is 9.98 Å². The molecule has 9 rings (SSSR count). The number of rotatable bonds is 4. The minimum Gasteiger partial charge on any atom is -0.271 e. The van der Waals surface area contributed by atoms with Crippen LogP contribution in [0.4, 0.5) is 0 Å². The van der Waals surface area contributed by atoms with E-state index in [1.54, 1.807) is 0 Å². The van der Waals surface area contributed by atoms with Gasteiger partial charge in [0.2, 0.25) is 0 Å². The van der Waals surface area contributed by atoms with E-state index in [9.17, 15) is 0 Å². The average Bonchev–Trinajstić information content (AvgIpc) is 3.49. The Morgan fingerprint density at radius 2 is 1.02 bits per heavy atom. The normalized spacial score (nSPS) is 14.3. The molecule has 0 bridgehead atoms. The smallest absolute Gasteiger partial charge is 0.1000 e. The molecule has 2 nitrogen and oxygen atoms in total. The Kier molecular flexibility index (Phi) is 6.51. The fourth-order valence-electron chi connectivity index (χ4n) is 7.07. The highest BCUT2D eigenvalue weighted by Gasteiger charge is 2.26. The molecule has 0 amide bonds. The number of hydrogen-bond acceptors (Lipinski definition) is 3. The summed E-state index contributed by atoms with van der Waals surface area (Å²) in [7, 11) is 0. The highest BCUT2D eigenvalue weighted by molar-refractivity contribution is 8.14. The Balaban J connectivity index is 1.30. The highest BCUT2D eigenvalue weighted by Crippen LogP contribution is 2.45.